The standard InChI is InChI=1S/C17H18N2O3S/c1-10-6-12(3)13(7-11(10)2)4-5-15(20)18-8-16-19-14(9-23-16)17(21)22/h4-7,9H,8H2,1-3H3,(H,18,20)(H,21,22)/b5-4+. The first kappa shape index (κ1) is 16.9. The van der Waals surface area contributed by atoms with Gasteiger partial charge in [-0.3, -0.25) is 4.79 Å². The molecule has 0 aliphatic rings. The van der Waals surface area contributed by atoms with Crippen molar-refractivity contribution in [3.05, 3.63) is 56.5 Å². The van der Waals surface area contributed by atoms with Crippen molar-refractivity contribution in [1.29, 1.82) is 0 Å². The zero-order chi connectivity index (χ0) is 17.0. The highest BCUT2D eigenvalue weighted by Gasteiger charge is 2.08. The second-order valence-corrected chi connectivity index (χ2v) is 6.22. The van der Waals surface area contributed by atoms with E-state index in [0.717, 1.165) is 11.1 Å². The largest absolute Gasteiger partial charge is 0.476 e. The number of nitrogens with zero attached hydrogens (tertiary/aromatic N) is 1. The van der Waals surface area contributed by atoms with Crippen molar-refractivity contribution in [2.75, 3.05) is 0 Å². The minimum Gasteiger partial charge on any atom is -0.476 e. The van der Waals surface area contributed by atoms with Crippen LogP contribution in [0, 0.1) is 20.8 Å². The first-order chi connectivity index (χ1) is 10.9. The third-order valence-corrected chi connectivity index (χ3v) is 4.33. The van der Waals surface area contributed by atoms with Gasteiger partial charge < -0.3 is 10.4 Å². The zero-order valence-corrected chi connectivity index (χ0v) is 14.0. The summed E-state index contributed by atoms with van der Waals surface area (Å²) in [6.45, 7) is 6.32. The Bertz CT molecular complexity index is 778. The summed E-state index contributed by atoms with van der Waals surface area (Å²) in [7, 11) is 0. The van der Waals surface area contributed by atoms with E-state index in [4.69, 9.17) is 5.11 Å². The monoisotopic (exact) mass is 330 g/mol. The van der Waals surface area contributed by atoms with E-state index in [1.165, 1.54) is 33.9 Å². The van der Waals surface area contributed by atoms with Gasteiger partial charge in [-0.25, -0.2) is 9.78 Å². The Hall–Kier alpha value is -2.47. The van der Waals surface area contributed by atoms with Crippen LogP contribution in [0.1, 0.15) is 37.7 Å². The minimum absolute atomic E-state index is 0.000506. The van der Waals surface area contributed by atoms with E-state index in [1.807, 2.05) is 13.8 Å². The van der Waals surface area contributed by atoms with Gasteiger partial charge in [0.2, 0.25) is 5.91 Å². The number of carboxylic acids is 1. The molecule has 1 aromatic heterocycles. The smallest absolute Gasteiger partial charge is 0.355 e. The van der Waals surface area contributed by atoms with E-state index < -0.39 is 5.97 Å². The molecule has 0 saturated heterocycles. The first-order valence-electron chi connectivity index (χ1n) is 7.08. The Morgan fingerprint density at radius 1 is 1.22 bits per heavy atom. The molecule has 0 aliphatic carbocycles. The second-order valence-electron chi connectivity index (χ2n) is 5.28. The van der Waals surface area contributed by atoms with E-state index in [-0.39, 0.29) is 18.1 Å². The Morgan fingerprint density at radius 2 is 1.91 bits per heavy atom. The molecule has 0 aliphatic heterocycles. The zero-order valence-electron chi connectivity index (χ0n) is 13.2. The number of rotatable bonds is 5. The predicted octanol–water partition coefficient (Wildman–Crippen LogP) is 3.10. The summed E-state index contributed by atoms with van der Waals surface area (Å²) in [5.74, 6) is -1.31. The number of thiazole rings is 1. The van der Waals surface area contributed by atoms with E-state index in [2.05, 4.69) is 29.4 Å². The molecule has 0 saturated carbocycles. The van der Waals surface area contributed by atoms with Gasteiger partial charge >= 0.3 is 5.97 Å². The van der Waals surface area contributed by atoms with Crippen LogP contribution in [0.15, 0.2) is 23.6 Å². The molecule has 2 rings (SSSR count). The highest BCUT2D eigenvalue weighted by molar-refractivity contribution is 7.09. The minimum atomic E-state index is -1.07. The van der Waals surface area contributed by atoms with Gasteiger partial charge in [0.1, 0.15) is 5.01 Å². The third kappa shape index (κ3) is 4.50. The van der Waals surface area contributed by atoms with Crippen LogP contribution >= 0.6 is 11.3 Å². The highest BCUT2D eigenvalue weighted by Crippen LogP contribution is 2.16. The molecule has 1 amide bonds. The molecule has 0 atom stereocenters. The van der Waals surface area contributed by atoms with Crippen molar-refractivity contribution < 1.29 is 14.7 Å². The molecule has 6 heteroatoms. The van der Waals surface area contributed by atoms with Crippen molar-refractivity contribution in [2.24, 2.45) is 0 Å². The van der Waals surface area contributed by atoms with Gasteiger partial charge in [0.15, 0.2) is 5.69 Å². The van der Waals surface area contributed by atoms with Crippen LogP contribution in [0.3, 0.4) is 0 Å². The molecule has 0 spiro atoms. The predicted molar refractivity (Wildman–Crippen MR) is 90.6 cm³/mol. The number of nitrogens with one attached hydrogen (secondary N) is 1. The summed E-state index contributed by atoms with van der Waals surface area (Å²) in [5, 5.41) is 13.5. The lowest BCUT2D eigenvalue weighted by Crippen LogP contribution is -2.20. The van der Waals surface area contributed by atoms with Gasteiger partial charge in [-0.2, -0.15) is 0 Å². The second kappa shape index (κ2) is 7.19. The normalized spacial score (nSPS) is 10.9. The molecule has 120 valence electrons. The SMILES string of the molecule is Cc1cc(C)c(/C=C/C(=O)NCc2nc(C(=O)O)cs2)cc1C. The molecular formula is C17H18N2O3S. The van der Waals surface area contributed by atoms with E-state index in [1.54, 1.807) is 6.08 Å². The van der Waals surface area contributed by atoms with Crippen LogP contribution in [0.25, 0.3) is 6.08 Å². The maximum Gasteiger partial charge on any atom is 0.355 e. The van der Waals surface area contributed by atoms with Crippen LogP contribution in [-0.4, -0.2) is 22.0 Å². The summed E-state index contributed by atoms with van der Waals surface area (Å²) in [5.41, 5.74) is 4.52. The van der Waals surface area contributed by atoms with Crippen molar-refractivity contribution >= 4 is 29.3 Å². The number of benzene rings is 1. The van der Waals surface area contributed by atoms with Gasteiger partial charge in [0.25, 0.3) is 0 Å². The Kier molecular flexibility index (Phi) is 5.28. The quantitative estimate of drug-likeness (QED) is 0.826. The van der Waals surface area contributed by atoms with Crippen LogP contribution in [0.4, 0.5) is 0 Å². The van der Waals surface area contributed by atoms with Crippen molar-refractivity contribution in [3.63, 3.8) is 0 Å². The van der Waals surface area contributed by atoms with Crippen molar-refractivity contribution in [3.8, 4) is 0 Å². The topological polar surface area (TPSA) is 79.3 Å². The molecule has 2 aromatic rings. The third-order valence-electron chi connectivity index (χ3n) is 3.48. The molecule has 23 heavy (non-hydrogen) atoms. The Labute approximate surface area is 138 Å². The molecule has 0 unspecified atom stereocenters. The number of amides is 1. The van der Waals surface area contributed by atoms with Crippen LogP contribution in [0.5, 0.6) is 0 Å². The summed E-state index contributed by atoms with van der Waals surface area (Å²) in [6, 6.07) is 4.14. The molecule has 1 aromatic carbocycles. The molecule has 5 nitrogen and oxygen atoms in total. The van der Waals surface area contributed by atoms with E-state index >= 15 is 0 Å². The maximum atomic E-state index is 11.9. The van der Waals surface area contributed by atoms with Gasteiger partial charge in [0, 0.05) is 11.5 Å². The lowest BCUT2D eigenvalue weighted by molar-refractivity contribution is -0.116. The summed E-state index contributed by atoms with van der Waals surface area (Å²) < 4.78 is 0. The number of carbonyl (C=O) groups is 2. The van der Waals surface area contributed by atoms with Crippen molar-refractivity contribution in [2.45, 2.75) is 27.3 Å². The Morgan fingerprint density at radius 3 is 2.57 bits per heavy atom. The fourth-order valence-electron chi connectivity index (χ4n) is 2.04. The summed E-state index contributed by atoms with van der Waals surface area (Å²) in [6.07, 6.45) is 3.25. The summed E-state index contributed by atoms with van der Waals surface area (Å²) in [4.78, 5) is 26.5. The molecule has 1 heterocycles. The van der Waals surface area contributed by atoms with Crippen LogP contribution in [0.2, 0.25) is 0 Å². The summed E-state index contributed by atoms with van der Waals surface area (Å²) >= 11 is 1.21. The molecule has 2 N–H and O–H groups in total. The molecule has 0 bridgehead atoms. The van der Waals surface area contributed by atoms with Gasteiger partial charge in [-0.15, -0.1) is 11.3 Å². The number of hydrogen-bond donors (Lipinski definition) is 2. The number of carbonyl (C=O) groups excluding carboxylic acids is 1. The van der Waals surface area contributed by atoms with E-state index in [9.17, 15) is 9.59 Å². The Balaban J connectivity index is 1.96. The molecular weight excluding hydrogens is 312 g/mol. The molecule has 0 fully saturated rings. The maximum absolute atomic E-state index is 11.9. The number of aryl methyl sites for hydroxylation is 3. The number of carboxylic acid groups (broad SMARTS) is 1. The van der Waals surface area contributed by atoms with Crippen molar-refractivity contribution in [1.82, 2.24) is 10.3 Å². The lowest BCUT2D eigenvalue weighted by Gasteiger charge is -2.06. The molecule has 0 radical (unpaired) electrons. The van der Waals surface area contributed by atoms with E-state index in [0.29, 0.717) is 5.01 Å². The average Bonchev–Trinajstić information content (AvgIpc) is 2.96. The van der Waals surface area contributed by atoms with Crippen LogP contribution < -0.4 is 5.32 Å². The van der Waals surface area contributed by atoms with Crippen LogP contribution in [-0.2, 0) is 11.3 Å². The number of aromatic nitrogens is 1. The highest BCUT2D eigenvalue weighted by atomic mass is 32.1. The fourth-order valence-corrected chi connectivity index (χ4v) is 2.75. The first-order valence-corrected chi connectivity index (χ1v) is 7.96. The lowest BCUT2D eigenvalue weighted by atomic mass is 10.0. The average molecular weight is 330 g/mol. The number of hydrogen-bond acceptors (Lipinski definition) is 4. The van der Waals surface area contributed by atoms with Gasteiger partial charge in [-0.1, -0.05) is 12.1 Å². The fraction of sp³-hybridized carbons (Fsp3) is 0.235. The van der Waals surface area contributed by atoms with Gasteiger partial charge in [0.05, 0.1) is 6.54 Å². The van der Waals surface area contributed by atoms with Gasteiger partial charge in [-0.05, 0) is 49.1 Å². The number of aromatic carboxylic acids is 1.